The maximum Gasteiger partial charge on any atom is 0.179 e. The molecule has 3 nitrogen and oxygen atoms in total. The average molecular weight is 268 g/mol. The molecule has 0 heterocycles. The van der Waals surface area contributed by atoms with Crippen LogP contribution in [-0.4, -0.2) is 26.8 Å². The van der Waals surface area contributed by atoms with Crippen molar-refractivity contribution in [3.05, 3.63) is 28.8 Å². The molecule has 0 radical (unpaired) electrons. The lowest BCUT2D eigenvalue weighted by molar-refractivity contribution is 0.355. The lowest BCUT2D eigenvalue weighted by atomic mass is 10.2. The van der Waals surface area contributed by atoms with E-state index in [1.54, 1.807) is 14.2 Å². The highest BCUT2D eigenvalue weighted by atomic mass is 35.5. The van der Waals surface area contributed by atoms with E-state index >= 15 is 0 Å². The monoisotopic (exact) mass is 267 g/mol. The van der Waals surface area contributed by atoms with E-state index in [4.69, 9.17) is 21.1 Å². The van der Waals surface area contributed by atoms with Crippen LogP contribution in [-0.2, 0) is 0 Å². The van der Waals surface area contributed by atoms with E-state index in [0.717, 1.165) is 18.2 Å². The minimum absolute atomic E-state index is 0.562. The predicted octanol–water partition coefficient (Wildman–Crippen LogP) is 3.12. The van der Waals surface area contributed by atoms with Gasteiger partial charge < -0.3 is 14.8 Å². The van der Waals surface area contributed by atoms with Crippen LogP contribution in [0.3, 0.4) is 0 Å². The first-order chi connectivity index (χ1) is 8.74. The minimum Gasteiger partial charge on any atom is -0.493 e. The molecular formula is C14H18ClNO2. The van der Waals surface area contributed by atoms with Gasteiger partial charge in [0.25, 0.3) is 0 Å². The van der Waals surface area contributed by atoms with E-state index in [9.17, 15) is 0 Å². The quantitative estimate of drug-likeness (QED) is 0.859. The highest BCUT2D eigenvalue weighted by Gasteiger charge is 2.18. The van der Waals surface area contributed by atoms with Crippen LogP contribution in [0, 0.1) is 0 Å². The molecule has 4 heteroatoms. The van der Waals surface area contributed by atoms with Crippen LogP contribution in [0.4, 0.5) is 0 Å². The number of nitrogens with one attached hydrogen (secondary N) is 1. The number of ether oxygens (including phenoxy) is 2. The summed E-state index contributed by atoms with van der Waals surface area (Å²) in [5.74, 6) is 1.23. The Hall–Kier alpha value is -1.19. The van der Waals surface area contributed by atoms with E-state index in [0.29, 0.717) is 16.5 Å². The second-order valence-electron chi connectivity index (χ2n) is 4.32. The summed E-state index contributed by atoms with van der Waals surface area (Å²) in [5, 5.41) is 3.98. The molecule has 0 spiro atoms. The van der Waals surface area contributed by atoms with E-state index < -0.39 is 0 Å². The van der Waals surface area contributed by atoms with E-state index in [2.05, 4.69) is 11.4 Å². The molecule has 0 saturated heterocycles. The minimum atomic E-state index is 0.562. The third-order valence-electron chi connectivity index (χ3n) is 2.87. The molecule has 1 N–H and O–H groups in total. The van der Waals surface area contributed by atoms with E-state index in [-0.39, 0.29) is 0 Å². The van der Waals surface area contributed by atoms with Gasteiger partial charge in [0.2, 0.25) is 0 Å². The van der Waals surface area contributed by atoms with Crippen molar-refractivity contribution < 1.29 is 9.47 Å². The lowest BCUT2D eigenvalue weighted by Crippen LogP contribution is -2.15. The topological polar surface area (TPSA) is 30.5 Å². The maximum atomic E-state index is 6.13. The van der Waals surface area contributed by atoms with Crippen molar-refractivity contribution >= 4 is 17.7 Å². The van der Waals surface area contributed by atoms with Crippen LogP contribution < -0.4 is 14.8 Å². The fourth-order valence-electron chi connectivity index (χ4n) is 1.75. The Labute approximate surface area is 113 Å². The first-order valence-electron chi connectivity index (χ1n) is 6.06. The Kier molecular flexibility index (Phi) is 4.50. The van der Waals surface area contributed by atoms with Crippen LogP contribution in [0.5, 0.6) is 11.5 Å². The molecular weight excluding hydrogens is 250 g/mol. The average Bonchev–Trinajstić information content (AvgIpc) is 3.18. The van der Waals surface area contributed by atoms with Gasteiger partial charge in [0.05, 0.1) is 19.2 Å². The summed E-state index contributed by atoms with van der Waals surface area (Å²) < 4.78 is 10.4. The third kappa shape index (κ3) is 3.40. The number of methoxy groups -OCH3 is 2. The van der Waals surface area contributed by atoms with Crippen molar-refractivity contribution in [2.45, 2.75) is 18.9 Å². The van der Waals surface area contributed by atoms with Crippen molar-refractivity contribution in [3.8, 4) is 11.5 Å². The molecule has 0 atom stereocenters. The molecule has 1 aromatic carbocycles. The Balaban J connectivity index is 2.04. The van der Waals surface area contributed by atoms with E-state index in [1.165, 1.54) is 12.8 Å². The van der Waals surface area contributed by atoms with Crippen LogP contribution in [0.15, 0.2) is 18.2 Å². The molecule has 0 unspecified atom stereocenters. The van der Waals surface area contributed by atoms with Gasteiger partial charge in [-0.1, -0.05) is 23.8 Å². The fourth-order valence-corrected chi connectivity index (χ4v) is 2.05. The van der Waals surface area contributed by atoms with Crippen molar-refractivity contribution in [1.29, 1.82) is 0 Å². The molecule has 0 amide bonds. The third-order valence-corrected chi connectivity index (χ3v) is 3.15. The number of halogens is 1. The van der Waals surface area contributed by atoms with Crippen LogP contribution in [0.1, 0.15) is 18.4 Å². The first-order valence-corrected chi connectivity index (χ1v) is 6.44. The summed E-state index contributed by atoms with van der Waals surface area (Å²) in [4.78, 5) is 0. The number of benzene rings is 1. The fraction of sp³-hybridized carbons (Fsp3) is 0.429. The predicted molar refractivity (Wildman–Crippen MR) is 74.6 cm³/mol. The summed E-state index contributed by atoms with van der Waals surface area (Å²) in [6.07, 6.45) is 6.73. The summed E-state index contributed by atoms with van der Waals surface area (Å²) in [6, 6.07) is 4.51. The van der Waals surface area contributed by atoms with Gasteiger partial charge in [-0.15, -0.1) is 0 Å². The van der Waals surface area contributed by atoms with E-state index in [1.807, 2.05) is 18.2 Å². The smallest absolute Gasteiger partial charge is 0.179 e. The maximum absolute atomic E-state index is 6.13. The lowest BCUT2D eigenvalue weighted by Gasteiger charge is -2.10. The largest absolute Gasteiger partial charge is 0.493 e. The van der Waals surface area contributed by atoms with Crippen molar-refractivity contribution in [2.75, 3.05) is 20.8 Å². The zero-order chi connectivity index (χ0) is 13.0. The molecule has 1 aliphatic carbocycles. The van der Waals surface area contributed by atoms with Crippen molar-refractivity contribution in [2.24, 2.45) is 0 Å². The molecule has 0 aliphatic heterocycles. The summed E-state index contributed by atoms with van der Waals surface area (Å²) in [6.45, 7) is 0.886. The van der Waals surface area contributed by atoms with Gasteiger partial charge in [0, 0.05) is 12.6 Å². The molecule has 1 aliphatic rings. The van der Waals surface area contributed by atoms with Gasteiger partial charge in [-0.25, -0.2) is 0 Å². The van der Waals surface area contributed by atoms with Gasteiger partial charge in [0.15, 0.2) is 11.5 Å². The van der Waals surface area contributed by atoms with Gasteiger partial charge >= 0.3 is 0 Å². The highest BCUT2D eigenvalue weighted by molar-refractivity contribution is 6.32. The normalized spacial score (nSPS) is 15.1. The number of hydrogen-bond acceptors (Lipinski definition) is 3. The zero-order valence-corrected chi connectivity index (χ0v) is 11.5. The van der Waals surface area contributed by atoms with Gasteiger partial charge in [-0.3, -0.25) is 0 Å². The second-order valence-corrected chi connectivity index (χ2v) is 4.73. The van der Waals surface area contributed by atoms with Crippen molar-refractivity contribution in [1.82, 2.24) is 5.32 Å². The molecule has 0 bridgehead atoms. The standard InChI is InChI=1S/C14H18ClNO2/c1-17-13-9-10(8-12(15)14(13)18-2)4-3-7-16-11-5-6-11/h3-4,8-9,11,16H,5-7H2,1-2H3. The molecule has 1 saturated carbocycles. The molecule has 18 heavy (non-hydrogen) atoms. The Morgan fingerprint density at radius 3 is 2.72 bits per heavy atom. The summed E-state index contributed by atoms with van der Waals surface area (Å²) in [7, 11) is 3.19. The molecule has 98 valence electrons. The van der Waals surface area contributed by atoms with Gasteiger partial charge in [-0.05, 0) is 30.5 Å². The van der Waals surface area contributed by atoms with Crippen LogP contribution in [0.2, 0.25) is 5.02 Å². The Bertz CT molecular complexity index is 442. The molecule has 0 aromatic heterocycles. The molecule has 1 fully saturated rings. The molecule has 2 rings (SSSR count). The van der Waals surface area contributed by atoms with Crippen LogP contribution >= 0.6 is 11.6 Å². The van der Waals surface area contributed by atoms with Gasteiger partial charge in [0.1, 0.15) is 0 Å². The Morgan fingerprint density at radius 2 is 2.11 bits per heavy atom. The molecule has 1 aromatic rings. The zero-order valence-electron chi connectivity index (χ0n) is 10.7. The summed E-state index contributed by atoms with van der Waals surface area (Å²) >= 11 is 6.13. The second kappa shape index (κ2) is 6.12. The van der Waals surface area contributed by atoms with Crippen LogP contribution in [0.25, 0.3) is 6.08 Å². The number of hydrogen-bond donors (Lipinski definition) is 1. The summed E-state index contributed by atoms with van der Waals surface area (Å²) in [5.41, 5.74) is 1.01. The highest BCUT2D eigenvalue weighted by Crippen LogP contribution is 2.36. The number of rotatable bonds is 6. The SMILES string of the molecule is COc1cc(C=CCNC2CC2)cc(Cl)c1OC. The Morgan fingerprint density at radius 1 is 1.33 bits per heavy atom. The first kappa shape index (κ1) is 13.2. The van der Waals surface area contributed by atoms with Crippen molar-refractivity contribution in [3.63, 3.8) is 0 Å². The van der Waals surface area contributed by atoms with Gasteiger partial charge in [-0.2, -0.15) is 0 Å².